The first kappa shape index (κ1) is 27.8. The van der Waals surface area contributed by atoms with Gasteiger partial charge in [-0.2, -0.15) is 0 Å². The minimum absolute atomic E-state index is 0.153. The maximum absolute atomic E-state index is 5.17. The van der Waals surface area contributed by atoms with Gasteiger partial charge in [0.15, 0.2) is 0 Å². The summed E-state index contributed by atoms with van der Waals surface area (Å²) in [5, 5.41) is 0. The van der Waals surface area contributed by atoms with Crippen LogP contribution < -0.4 is 0 Å². The summed E-state index contributed by atoms with van der Waals surface area (Å²) in [6.45, 7) is 6.31. The monoisotopic (exact) mass is 554 g/mol. The standard InChI is InChI=1S/C41H34N2/c1-3-16-31(37-28-38(32-17-8-4-9-18-32)42-39(29-37)33-19-10-5-11-20-33)25-26-36-27-40(34-21-12-6-13-22-34)43-41(30(36)2)35-23-14-7-15-24-35/h3-30,36H,1H2,2H3/b26-25+,31-16+. The van der Waals surface area contributed by atoms with Crippen molar-refractivity contribution in [1.29, 1.82) is 0 Å². The topological polar surface area (TPSA) is 25.2 Å². The van der Waals surface area contributed by atoms with Crippen LogP contribution in [0.25, 0.3) is 33.8 Å². The molecule has 1 aliphatic heterocycles. The third kappa shape index (κ3) is 6.45. The van der Waals surface area contributed by atoms with Gasteiger partial charge in [0.25, 0.3) is 0 Å². The Bertz CT molecular complexity index is 1760. The number of hydrogen-bond donors (Lipinski definition) is 0. The van der Waals surface area contributed by atoms with Crippen LogP contribution in [0.1, 0.15) is 23.6 Å². The molecule has 4 aromatic carbocycles. The Morgan fingerprint density at radius 1 is 0.651 bits per heavy atom. The summed E-state index contributed by atoms with van der Waals surface area (Å²) in [5.74, 6) is 0.355. The SMILES string of the molecule is C=C/C=C(\C=C\C1C=C(c2ccccc2)N=C(c2ccccc2)C1C)c1cc(-c2ccccc2)nc(-c2ccccc2)c1. The Kier molecular flexibility index (Phi) is 8.47. The predicted octanol–water partition coefficient (Wildman–Crippen LogP) is 10.3. The highest BCUT2D eigenvalue weighted by molar-refractivity contribution is 6.06. The number of benzene rings is 4. The predicted molar refractivity (Wildman–Crippen MR) is 182 cm³/mol. The van der Waals surface area contributed by atoms with Crippen molar-refractivity contribution in [3.8, 4) is 22.5 Å². The molecule has 0 saturated heterocycles. The summed E-state index contributed by atoms with van der Waals surface area (Å²) in [6, 6.07) is 46.0. The molecular formula is C41H34N2. The van der Waals surface area contributed by atoms with Crippen LogP contribution in [0, 0.1) is 11.8 Å². The molecule has 2 heteroatoms. The first-order chi connectivity index (χ1) is 21.2. The zero-order valence-corrected chi connectivity index (χ0v) is 24.3. The molecule has 0 radical (unpaired) electrons. The van der Waals surface area contributed by atoms with Crippen molar-refractivity contribution < 1.29 is 0 Å². The van der Waals surface area contributed by atoms with Gasteiger partial charge in [0.05, 0.1) is 22.8 Å². The molecule has 1 aromatic heterocycles. The van der Waals surface area contributed by atoms with Crippen molar-refractivity contribution in [3.63, 3.8) is 0 Å². The Labute approximate surface area is 254 Å². The quantitative estimate of drug-likeness (QED) is 0.175. The van der Waals surface area contributed by atoms with E-state index in [-0.39, 0.29) is 11.8 Å². The van der Waals surface area contributed by atoms with E-state index >= 15 is 0 Å². The number of nitrogens with zero attached hydrogens (tertiary/aromatic N) is 2. The van der Waals surface area contributed by atoms with Gasteiger partial charge in [0.2, 0.25) is 0 Å². The van der Waals surface area contributed by atoms with Crippen molar-refractivity contribution in [1.82, 2.24) is 4.98 Å². The van der Waals surface area contributed by atoms with Gasteiger partial charge in [-0.15, -0.1) is 0 Å². The highest BCUT2D eigenvalue weighted by Crippen LogP contribution is 2.34. The summed E-state index contributed by atoms with van der Waals surface area (Å²) in [7, 11) is 0. The fraction of sp³-hybridized carbons (Fsp3) is 0.0732. The van der Waals surface area contributed by atoms with Crippen LogP contribution in [0.3, 0.4) is 0 Å². The van der Waals surface area contributed by atoms with E-state index in [2.05, 4.69) is 153 Å². The number of hydrogen-bond acceptors (Lipinski definition) is 2. The lowest BCUT2D eigenvalue weighted by molar-refractivity contribution is 0.642. The van der Waals surface area contributed by atoms with Crippen molar-refractivity contribution in [2.75, 3.05) is 0 Å². The highest BCUT2D eigenvalue weighted by atomic mass is 14.8. The van der Waals surface area contributed by atoms with Crippen LogP contribution in [0.5, 0.6) is 0 Å². The number of allylic oxidation sites excluding steroid dienone is 6. The molecule has 0 fully saturated rings. The molecule has 0 spiro atoms. The smallest absolute Gasteiger partial charge is 0.0715 e. The van der Waals surface area contributed by atoms with Gasteiger partial charge in [0, 0.05) is 23.0 Å². The first-order valence-corrected chi connectivity index (χ1v) is 14.7. The second-order valence-corrected chi connectivity index (χ2v) is 10.7. The molecule has 2 unspecified atom stereocenters. The zero-order valence-electron chi connectivity index (χ0n) is 24.3. The molecule has 0 N–H and O–H groups in total. The van der Waals surface area contributed by atoms with Crippen LogP contribution in [0.4, 0.5) is 0 Å². The molecule has 0 amide bonds. The van der Waals surface area contributed by atoms with E-state index in [0.717, 1.165) is 56.2 Å². The molecule has 0 bridgehead atoms. The van der Waals surface area contributed by atoms with Crippen molar-refractivity contribution in [2.24, 2.45) is 16.8 Å². The molecule has 0 aliphatic carbocycles. The Hall–Kier alpha value is -5.34. The fourth-order valence-corrected chi connectivity index (χ4v) is 5.51. The van der Waals surface area contributed by atoms with Crippen LogP contribution in [0.15, 0.2) is 175 Å². The average Bonchev–Trinajstić information content (AvgIpc) is 3.08. The summed E-state index contributed by atoms with van der Waals surface area (Å²) in [6.07, 6.45) is 10.8. The molecule has 2 nitrogen and oxygen atoms in total. The summed E-state index contributed by atoms with van der Waals surface area (Å²) >= 11 is 0. The second-order valence-electron chi connectivity index (χ2n) is 10.7. The minimum Gasteiger partial charge on any atom is -0.252 e. The zero-order chi connectivity index (χ0) is 29.4. The van der Waals surface area contributed by atoms with Crippen LogP contribution >= 0.6 is 0 Å². The number of aromatic nitrogens is 1. The van der Waals surface area contributed by atoms with Gasteiger partial charge < -0.3 is 0 Å². The Balaban J connectivity index is 1.42. The van der Waals surface area contributed by atoms with Crippen LogP contribution in [-0.4, -0.2) is 10.7 Å². The van der Waals surface area contributed by atoms with Crippen molar-refractivity contribution in [2.45, 2.75) is 6.92 Å². The third-order valence-electron chi connectivity index (χ3n) is 7.83. The number of aliphatic imine (C=N–C) groups is 1. The number of pyridine rings is 1. The lowest BCUT2D eigenvalue weighted by atomic mass is 9.82. The average molecular weight is 555 g/mol. The Morgan fingerprint density at radius 2 is 1.14 bits per heavy atom. The largest absolute Gasteiger partial charge is 0.252 e. The van der Waals surface area contributed by atoms with E-state index in [4.69, 9.17) is 9.98 Å². The van der Waals surface area contributed by atoms with Gasteiger partial charge in [0.1, 0.15) is 0 Å². The summed E-state index contributed by atoms with van der Waals surface area (Å²) in [5.41, 5.74) is 10.6. The molecule has 43 heavy (non-hydrogen) atoms. The van der Waals surface area contributed by atoms with E-state index in [1.54, 1.807) is 0 Å². The van der Waals surface area contributed by atoms with E-state index < -0.39 is 0 Å². The molecule has 0 saturated carbocycles. The maximum atomic E-state index is 5.17. The lowest BCUT2D eigenvalue weighted by Crippen LogP contribution is -2.23. The lowest BCUT2D eigenvalue weighted by Gasteiger charge is -2.26. The fourth-order valence-electron chi connectivity index (χ4n) is 5.51. The molecule has 2 heterocycles. The number of rotatable bonds is 8. The van der Waals surface area contributed by atoms with E-state index in [9.17, 15) is 0 Å². The Morgan fingerprint density at radius 3 is 1.65 bits per heavy atom. The molecule has 5 aromatic rings. The first-order valence-electron chi connectivity index (χ1n) is 14.7. The third-order valence-corrected chi connectivity index (χ3v) is 7.83. The maximum Gasteiger partial charge on any atom is 0.0715 e. The summed E-state index contributed by atoms with van der Waals surface area (Å²) < 4.78 is 0. The molecule has 1 aliphatic rings. The molecule has 2 atom stereocenters. The molecular weight excluding hydrogens is 520 g/mol. The van der Waals surface area contributed by atoms with Gasteiger partial charge in [-0.05, 0) is 34.4 Å². The van der Waals surface area contributed by atoms with E-state index in [1.165, 1.54) is 0 Å². The highest BCUT2D eigenvalue weighted by Gasteiger charge is 2.25. The normalized spacial score (nSPS) is 16.9. The summed E-state index contributed by atoms with van der Waals surface area (Å²) in [4.78, 5) is 10.2. The van der Waals surface area contributed by atoms with Gasteiger partial charge in [-0.1, -0.05) is 165 Å². The van der Waals surface area contributed by atoms with Crippen molar-refractivity contribution in [3.05, 3.63) is 187 Å². The van der Waals surface area contributed by atoms with Crippen LogP contribution in [-0.2, 0) is 0 Å². The van der Waals surface area contributed by atoms with Crippen molar-refractivity contribution >= 4 is 17.0 Å². The van der Waals surface area contributed by atoms with Gasteiger partial charge >= 0.3 is 0 Å². The minimum atomic E-state index is 0.153. The second kappa shape index (κ2) is 13.1. The van der Waals surface area contributed by atoms with Gasteiger partial charge in [-0.25, -0.2) is 4.98 Å². The van der Waals surface area contributed by atoms with E-state index in [1.807, 2.05) is 24.3 Å². The van der Waals surface area contributed by atoms with Gasteiger partial charge in [-0.3, -0.25) is 4.99 Å². The molecule has 208 valence electrons. The molecule has 6 rings (SSSR count). The van der Waals surface area contributed by atoms with E-state index in [0.29, 0.717) is 0 Å². The van der Waals surface area contributed by atoms with Crippen LogP contribution in [0.2, 0.25) is 0 Å².